The lowest BCUT2D eigenvalue weighted by Crippen LogP contribution is -2.34. The molecular formula is C17H30N2. The van der Waals surface area contributed by atoms with Crippen molar-refractivity contribution in [2.24, 2.45) is 11.8 Å². The summed E-state index contributed by atoms with van der Waals surface area (Å²) >= 11 is 0. The van der Waals surface area contributed by atoms with Gasteiger partial charge >= 0.3 is 0 Å². The molecule has 1 aromatic rings. The molecule has 0 heterocycles. The number of nitrogens with zero attached hydrogens (tertiary/aromatic N) is 1. The molecule has 1 unspecified atom stereocenters. The number of hydrogen-bond acceptors (Lipinski definition) is 2. The summed E-state index contributed by atoms with van der Waals surface area (Å²) in [5.74, 6) is 1.43. The van der Waals surface area contributed by atoms with Gasteiger partial charge in [0, 0.05) is 13.1 Å². The van der Waals surface area contributed by atoms with Gasteiger partial charge in [0.1, 0.15) is 0 Å². The van der Waals surface area contributed by atoms with Crippen LogP contribution in [-0.4, -0.2) is 32.1 Å². The standard InChI is InChI=1S/C17H30N2/c1-6-15-7-9-16(10-8-15)12-19(5)13-17(11-18-4)14(2)3/h7-10,14,17-18H,6,11-13H2,1-5H3. The van der Waals surface area contributed by atoms with E-state index in [-0.39, 0.29) is 0 Å². The first-order valence-corrected chi connectivity index (χ1v) is 7.47. The lowest BCUT2D eigenvalue weighted by molar-refractivity contribution is 0.227. The SMILES string of the molecule is CCc1ccc(CN(C)CC(CNC)C(C)C)cc1. The smallest absolute Gasteiger partial charge is 0.0230 e. The van der Waals surface area contributed by atoms with Gasteiger partial charge in [-0.15, -0.1) is 0 Å². The molecule has 1 atom stereocenters. The Morgan fingerprint density at radius 3 is 2.16 bits per heavy atom. The van der Waals surface area contributed by atoms with Crippen molar-refractivity contribution in [3.8, 4) is 0 Å². The molecule has 19 heavy (non-hydrogen) atoms. The highest BCUT2D eigenvalue weighted by molar-refractivity contribution is 5.22. The Hall–Kier alpha value is -0.860. The van der Waals surface area contributed by atoms with Crippen LogP contribution in [0.25, 0.3) is 0 Å². The fraction of sp³-hybridized carbons (Fsp3) is 0.647. The number of rotatable bonds is 8. The van der Waals surface area contributed by atoms with E-state index in [4.69, 9.17) is 0 Å². The second-order valence-corrected chi connectivity index (χ2v) is 5.93. The van der Waals surface area contributed by atoms with Crippen molar-refractivity contribution in [3.63, 3.8) is 0 Å². The minimum Gasteiger partial charge on any atom is -0.319 e. The van der Waals surface area contributed by atoms with Crippen molar-refractivity contribution >= 4 is 0 Å². The molecule has 108 valence electrons. The monoisotopic (exact) mass is 262 g/mol. The van der Waals surface area contributed by atoms with E-state index in [0.29, 0.717) is 5.92 Å². The van der Waals surface area contributed by atoms with Crippen LogP contribution in [0, 0.1) is 11.8 Å². The highest BCUT2D eigenvalue weighted by atomic mass is 15.1. The van der Waals surface area contributed by atoms with Crippen LogP contribution in [0.2, 0.25) is 0 Å². The molecule has 0 aliphatic heterocycles. The van der Waals surface area contributed by atoms with Crippen LogP contribution < -0.4 is 5.32 Å². The zero-order chi connectivity index (χ0) is 14.3. The molecular weight excluding hydrogens is 232 g/mol. The Morgan fingerprint density at radius 1 is 1.11 bits per heavy atom. The van der Waals surface area contributed by atoms with Crippen molar-refractivity contribution in [2.45, 2.75) is 33.7 Å². The largest absolute Gasteiger partial charge is 0.319 e. The van der Waals surface area contributed by atoms with E-state index in [9.17, 15) is 0 Å². The predicted molar refractivity (Wildman–Crippen MR) is 84.4 cm³/mol. The first kappa shape index (κ1) is 16.2. The average molecular weight is 262 g/mol. The predicted octanol–water partition coefficient (Wildman–Crippen LogP) is 3.17. The van der Waals surface area contributed by atoms with Gasteiger partial charge in [0.2, 0.25) is 0 Å². The van der Waals surface area contributed by atoms with Gasteiger partial charge in [-0.2, -0.15) is 0 Å². The fourth-order valence-corrected chi connectivity index (χ4v) is 2.43. The summed E-state index contributed by atoms with van der Waals surface area (Å²) in [6, 6.07) is 9.02. The van der Waals surface area contributed by atoms with Crippen LogP contribution in [-0.2, 0) is 13.0 Å². The number of nitrogens with one attached hydrogen (secondary N) is 1. The third-order valence-corrected chi connectivity index (χ3v) is 3.84. The van der Waals surface area contributed by atoms with E-state index < -0.39 is 0 Å². The Bertz CT molecular complexity index is 343. The summed E-state index contributed by atoms with van der Waals surface area (Å²) in [6.45, 7) is 10.1. The second kappa shape index (κ2) is 8.34. The maximum atomic E-state index is 3.31. The molecule has 1 rings (SSSR count). The minimum atomic E-state index is 0.713. The normalized spacial score (nSPS) is 13.2. The molecule has 0 saturated heterocycles. The van der Waals surface area contributed by atoms with E-state index >= 15 is 0 Å². The van der Waals surface area contributed by atoms with Crippen molar-refractivity contribution in [3.05, 3.63) is 35.4 Å². The number of hydrogen-bond donors (Lipinski definition) is 1. The van der Waals surface area contributed by atoms with Gasteiger partial charge in [0.15, 0.2) is 0 Å². The summed E-state index contributed by atoms with van der Waals surface area (Å²) in [5, 5.41) is 3.31. The molecule has 0 spiro atoms. The molecule has 0 aliphatic rings. The van der Waals surface area contributed by atoms with Crippen molar-refractivity contribution in [1.82, 2.24) is 10.2 Å². The van der Waals surface area contributed by atoms with Gasteiger partial charge in [-0.1, -0.05) is 45.0 Å². The summed E-state index contributed by atoms with van der Waals surface area (Å²) < 4.78 is 0. The maximum Gasteiger partial charge on any atom is 0.0230 e. The van der Waals surface area contributed by atoms with E-state index in [0.717, 1.165) is 32.0 Å². The van der Waals surface area contributed by atoms with Crippen LogP contribution in [0.4, 0.5) is 0 Å². The second-order valence-electron chi connectivity index (χ2n) is 5.93. The molecule has 0 fully saturated rings. The van der Waals surface area contributed by atoms with Crippen LogP contribution in [0.3, 0.4) is 0 Å². The lowest BCUT2D eigenvalue weighted by Gasteiger charge is -2.26. The molecule has 0 radical (unpaired) electrons. The van der Waals surface area contributed by atoms with Crippen molar-refractivity contribution < 1.29 is 0 Å². The molecule has 1 aromatic carbocycles. The Kier molecular flexibility index (Phi) is 7.11. The molecule has 0 bridgehead atoms. The molecule has 0 aliphatic carbocycles. The number of benzene rings is 1. The third-order valence-electron chi connectivity index (χ3n) is 3.84. The van der Waals surface area contributed by atoms with Crippen molar-refractivity contribution in [2.75, 3.05) is 27.2 Å². The first-order chi connectivity index (χ1) is 9.06. The van der Waals surface area contributed by atoms with Crippen molar-refractivity contribution in [1.29, 1.82) is 0 Å². The Labute approximate surface area is 119 Å². The van der Waals surface area contributed by atoms with Gasteiger partial charge in [-0.25, -0.2) is 0 Å². The fourth-order valence-electron chi connectivity index (χ4n) is 2.43. The Morgan fingerprint density at radius 2 is 1.68 bits per heavy atom. The highest BCUT2D eigenvalue weighted by Gasteiger charge is 2.14. The summed E-state index contributed by atoms with van der Waals surface area (Å²) in [5.41, 5.74) is 2.83. The zero-order valence-electron chi connectivity index (χ0n) is 13.2. The quantitative estimate of drug-likeness (QED) is 0.774. The van der Waals surface area contributed by atoms with Gasteiger partial charge in [0.25, 0.3) is 0 Å². The number of aryl methyl sites for hydroxylation is 1. The topological polar surface area (TPSA) is 15.3 Å². The average Bonchev–Trinajstić information content (AvgIpc) is 2.39. The minimum absolute atomic E-state index is 0.713. The van der Waals surface area contributed by atoms with Crippen LogP contribution >= 0.6 is 0 Å². The maximum absolute atomic E-state index is 3.31. The molecule has 1 N–H and O–H groups in total. The lowest BCUT2D eigenvalue weighted by atomic mass is 9.95. The van der Waals surface area contributed by atoms with E-state index in [1.165, 1.54) is 11.1 Å². The van der Waals surface area contributed by atoms with Crippen LogP contribution in [0.15, 0.2) is 24.3 Å². The molecule has 2 nitrogen and oxygen atoms in total. The van der Waals surface area contributed by atoms with Gasteiger partial charge < -0.3 is 10.2 Å². The zero-order valence-corrected chi connectivity index (χ0v) is 13.2. The molecule has 0 saturated carbocycles. The van der Waals surface area contributed by atoms with Crippen LogP contribution in [0.5, 0.6) is 0 Å². The summed E-state index contributed by atoms with van der Waals surface area (Å²) in [7, 11) is 4.26. The van der Waals surface area contributed by atoms with E-state index in [1.54, 1.807) is 0 Å². The molecule has 0 amide bonds. The molecule has 0 aromatic heterocycles. The molecule has 2 heteroatoms. The van der Waals surface area contributed by atoms with Crippen LogP contribution in [0.1, 0.15) is 31.9 Å². The summed E-state index contributed by atoms with van der Waals surface area (Å²) in [4.78, 5) is 2.43. The highest BCUT2D eigenvalue weighted by Crippen LogP contribution is 2.13. The van der Waals surface area contributed by atoms with Gasteiger partial charge in [-0.3, -0.25) is 0 Å². The van der Waals surface area contributed by atoms with E-state index in [1.807, 2.05) is 7.05 Å². The first-order valence-electron chi connectivity index (χ1n) is 7.47. The van der Waals surface area contributed by atoms with Gasteiger partial charge in [-0.05, 0) is 50.0 Å². The summed E-state index contributed by atoms with van der Waals surface area (Å²) in [6.07, 6.45) is 1.12. The van der Waals surface area contributed by atoms with E-state index in [2.05, 4.69) is 62.3 Å². The third kappa shape index (κ3) is 5.75. The van der Waals surface area contributed by atoms with Gasteiger partial charge in [0.05, 0.1) is 0 Å². The Balaban J connectivity index is 2.50.